The molecule has 0 spiro atoms. The molecule has 1 atom stereocenters. The quantitative estimate of drug-likeness (QED) is 0.635. The summed E-state index contributed by atoms with van der Waals surface area (Å²) in [5, 5.41) is 7.94. The maximum absolute atomic E-state index is 5.71. The van der Waals surface area contributed by atoms with E-state index in [2.05, 4.69) is 31.2 Å². The minimum Gasteiger partial charge on any atom is -0.493 e. The molecule has 0 amide bonds. The molecule has 6 heteroatoms. The van der Waals surface area contributed by atoms with Gasteiger partial charge in [-0.25, -0.2) is 0 Å². The van der Waals surface area contributed by atoms with E-state index in [9.17, 15) is 0 Å². The zero-order valence-corrected chi connectivity index (χ0v) is 13.9. The molecule has 21 heavy (non-hydrogen) atoms. The van der Waals surface area contributed by atoms with Crippen LogP contribution in [0.2, 0.25) is 0 Å². The van der Waals surface area contributed by atoms with E-state index in [1.165, 1.54) is 0 Å². The first kappa shape index (κ1) is 17.9. The number of methoxy groups -OCH3 is 2. The standard InChI is InChI=1S/C15H29N3O3/c1-6-7-16-13(11-21-9-8-19-4)15-14(20-5)10-17-18(15)12(2)3/h10,12-13,16H,6-9,11H2,1-5H3. The topological polar surface area (TPSA) is 57.5 Å². The molecule has 1 heterocycles. The summed E-state index contributed by atoms with van der Waals surface area (Å²) in [7, 11) is 3.35. The summed E-state index contributed by atoms with van der Waals surface area (Å²) < 4.78 is 18.2. The number of ether oxygens (including phenoxy) is 3. The van der Waals surface area contributed by atoms with Crippen molar-refractivity contribution in [3.8, 4) is 5.75 Å². The van der Waals surface area contributed by atoms with Crippen LogP contribution in [0.3, 0.4) is 0 Å². The van der Waals surface area contributed by atoms with Gasteiger partial charge in [-0.2, -0.15) is 5.10 Å². The second-order valence-electron chi connectivity index (χ2n) is 5.21. The lowest BCUT2D eigenvalue weighted by Crippen LogP contribution is -2.30. The van der Waals surface area contributed by atoms with Gasteiger partial charge in [0.25, 0.3) is 0 Å². The molecule has 0 aliphatic heterocycles. The van der Waals surface area contributed by atoms with E-state index in [0.717, 1.165) is 24.4 Å². The van der Waals surface area contributed by atoms with Crippen LogP contribution < -0.4 is 10.1 Å². The van der Waals surface area contributed by atoms with Gasteiger partial charge in [-0.3, -0.25) is 4.68 Å². The third-order valence-corrected chi connectivity index (χ3v) is 3.19. The maximum atomic E-state index is 5.71. The normalized spacial score (nSPS) is 12.9. The predicted octanol–water partition coefficient (Wildman–Crippen LogP) is 2.18. The minimum atomic E-state index is 0.0571. The molecule has 6 nitrogen and oxygen atoms in total. The Morgan fingerprint density at radius 1 is 1.29 bits per heavy atom. The van der Waals surface area contributed by atoms with E-state index in [1.807, 2.05) is 4.68 Å². The van der Waals surface area contributed by atoms with Crippen molar-refractivity contribution in [1.82, 2.24) is 15.1 Å². The Morgan fingerprint density at radius 2 is 2.05 bits per heavy atom. The lowest BCUT2D eigenvalue weighted by atomic mass is 10.2. The van der Waals surface area contributed by atoms with Gasteiger partial charge < -0.3 is 19.5 Å². The van der Waals surface area contributed by atoms with Gasteiger partial charge in [0.2, 0.25) is 0 Å². The first-order valence-electron chi connectivity index (χ1n) is 7.57. The molecule has 1 aromatic heterocycles. The third kappa shape index (κ3) is 5.30. The molecule has 122 valence electrons. The Balaban J connectivity index is 2.87. The number of aromatic nitrogens is 2. The molecule has 1 aromatic rings. The molecular formula is C15H29N3O3. The molecule has 1 rings (SSSR count). The van der Waals surface area contributed by atoms with E-state index in [0.29, 0.717) is 19.8 Å². The van der Waals surface area contributed by atoms with Gasteiger partial charge in [0.05, 0.1) is 44.9 Å². The average molecular weight is 299 g/mol. The Hall–Kier alpha value is -1.11. The second-order valence-corrected chi connectivity index (χ2v) is 5.21. The Bertz CT molecular complexity index is 394. The lowest BCUT2D eigenvalue weighted by Gasteiger charge is -2.22. The van der Waals surface area contributed by atoms with Crippen molar-refractivity contribution in [3.05, 3.63) is 11.9 Å². The second kappa shape index (κ2) is 9.76. The van der Waals surface area contributed by atoms with Gasteiger partial charge in [0, 0.05) is 13.2 Å². The maximum Gasteiger partial charge on any atom is 0.161 e. The lowest BCUT2D eigenvalue weighted by molar-refractivity contribution is 0.0568. The molecule has 0 radical (unpaired) electrons. The molecule has 0 bridgehead atoms. The van der Waals surface area contributed by atoms with Gasteiger partial charge in [-0.15, -0.1) is 0 Å². The van der Waals surface area contributed by atoms with Crippen molar-refractivity contribution < 1.29 is 14.2 Å². The van der Waals surface area contributed by atoms with Gasteiger partial charge >= 0.3 is 0 Å². The molecule has 0 fully saturated rings. The highest BCUT2D eigenvalue weighted by Gasteiger charge is 2.23. The fourth-order valence-corrected chi connectivity index (χ4v) is 2.15. The molecule has 0 saturated heterocycles. The fourth-order valence-electron chi connectivity index (χ4n) is 2.15. The highest BCUT2D eigenvalue weighted by Crippen LogP contribution is 2.27. The van der Waals surface area contributed by atoms with Crippen LogP contribution in [0, 0.1) is 0 Å². The molecule has 0 aliphatic rings. The van der Waals surface area contributed by atoms with Gasteiger partial charge in [-0.05, 0) is 26.8 Å². The van der Waals surface area contributed by atoms with Gasteiger partial charge in [0.1, 0.15) is 0 Å². The number of hydrogen-bond donors (Lipinski definition) is 1. The molecular weight excluding hydrogens is 270 g/mol. The van der Waals surface area contributed by atoms with Crippen molar-refractivity contribution in [2.45, 2.75) is 39.3 Å². The summed E-state index contributed by atoms with van der Waals surface area (Å²) in [4.78, 5) is 0. The van der Waals surface area contributed by atoms with E-state index in [-0.39, 0.29) is 12.1 Å². The summed E-state index contributed by atoms with van der Waals surface area (Å²) in [6, 6.07) is 0.329. The van der Waals surface area contributed by atoms with Gasteiger partial charge in [-0.1, -0.05) is 6.92 Å². The minimum absolute atomic E-state index is 0.0571. The summed E-state index contributed by atoms with van der Waals surface area (Å²) >= 11 is 0. The van der Waals surface area contributed by atoms with Crippen LogP contribution in [0.5, 0.6) is 5.75 Å². The first-order valence-corrected chi connectivity index (χ1v) is 7.57. The number of rotatable bonds is 11. The van der Waals surface area contributed by atoms with E-state index in [4.69, 9.17) is 14.2 Å². The van der Waals surface area contributed by atoms with Gasteiger partial charge in [0.15, 0.2) is 5.75 Å². The van der Waals surface area contributed by atoms with Crippen molar-refractivity contribution in [3.63, 3.8) is 0 Å². The van der Waals surface area contributed by atoms with E-state index in [1.54, 1.807) is 20.4 Å². The fraction of sp³-hybridized carbons (Fsp3) is 0.800. The number of nitrogens with one attached hydrogen (secondary N) is 1. The zero-order valence-electron chi connectivity index (χ0n) is 13.9. The summed E-state index contributed by atoms with van der Waals surface area (Å²) in [6.07, 6.45) is 2.83. The Morgan fingerprint density at radius 3 is 2.62 bits per heavy atom. The van der Waals surface area contributed by atoms with E-state index >= 15 is 0 Å². The van der Waals surface area contributed by atoms with Crippen LogP contribution in [0.15, 0.2) is 6.20 Å². The zero-order chi connectivity index (χ0) is 15.7. The van der Waals surface area contributed by atoms with Crippen molar-refractivity contribution >= 4 is 0 Å². The first-order chi connectivity index (χ1) is 10.2. The van der Waals surface area contributed by atoms with Crippen LogP contribution in [0.25, 0.3) is 0 Å². The van der Waals surface area contributed by atoms with Crippen molar-refractivity contribution in [2.75, 3.05) is 40.6 Å². The molecule has 1 N–H and O–H groups in total. The van der Waals surface area contributed by atoms with E-state index < -0.39 is 0 Å². The molecule has 1 unspecified atom stereocenters. The Kier molecular flexibility index (Phi) is 8.34. The summed E-state index contributed by atoms with van der Waals surface area (Å²) in [5.41, 5.74) is 1.04. The summed E-state index contributed by atoms with van der Waals surface area (Å²) in [6.45, 7) is 9.03. The highest BCUT2D eigenvalue weighted by molar-refractivity contribution is 5.29. The van der Waals surface area contributed by atoms with Crippen LogP contribution >= 0.6 is 0 Å². The summed E-state index contributed by atoms with van der Waals surface area (Å²) in [5.74, 6) is 0.799. The molecule has 0 aliphatic carbocycles. The third-order valence-electron chi connectivity index (χ3n) is 3.19. The molecule has 0 saturated carbocycles. The number of nitrogens with zero attached hydrogens (tertiary/aromatic N) is 2. The van der Waals surface area contributed by atoms with Crippen LogP contribution in [0.4, 0.5) is 0 Å². The van der Waals surface area contributed by atoms with Crippen LogP contribution in [-0.2, 0) is 9.47 Å². The molecule has 0 aromatic carbocycles. The van der Waals surface area contributed by atoms with Crippen molar-refractivity contribution in [2.24, 2.45) is 0 Å². The number of hydrogen-bond acceptors (Lipinski definition) is 5. The largest absolute Gasteiger partial charge is 0.493 e. The SMILES string of the molecule is CCCNC(COCCOC)c1c(OC)cnn1C(C)C. The van der Waals surface area contributed by atoms with Crippen molar-refractivity contribution in [1.29, 1.82) is 0 Å². The average Bonchev–Trinajstić information content (AvgIpc) is 2.90. The smallest absolute Gasteiger partial charge is 0.161 e. The predicted molar refractivity (Wildman–Crippen MR) is 82.9 cm³/mol. The van der Waals surface area contributed by atoms with Crippen LogP contribution in [-0.4, -0.2) is 50.4 Å². The highest BCUT2D eigenvalue weighted by atomic mass is 16.5. The Labute approximate surface area is 127 Å². The van der Waals surface area contributed by atoms with Crippen LogP contribution in [0.1, 0.15) is 45.0 Å². The monoisotopic (exact) mass is 299 g/mol.